The first kappa shape index (κ1) is 16.2. The smallest absolute Gasteiger partial charge is 0.238 e. The van der Waals surface area contributed by atoms with Gasteiger partial charge in [0.1, 0.15) is 12.3 Å². The number of carbonyl (C=O) groups is 1. The SMILES string of the molecule is N#C[C@H]1CC[C@@H](C(N)O)N1C(=O)CNC1(CO)CCCC1. The fraction of sp³-hybridized carbons (Fsp3) is 0.857. The van der Waals surface area contributed by atoms with Crippen LogP contribution in [0.1, 0.15) is 38.5 Å². The average Bonchev–Trinajstić information content (AvgIpc) is 3.11. The number of amides is 1. The molecule has 21 heavy (non-hydrogen) atoms. The number of hydrogen-bond donors (Lipinski definition) is 4. The molecule has 0 spiro atoms. The third kappa shape index (κ3) is 3.35. The van der Waals surface area contributed by atoms with Gasteiger partial charge in [0.15, 0.2) is 0 Å². The molecule has 2 rings (SSSR count). The molecule has 7 heteroatoms. The van der Waals surface area contributed by atoms with E-state index in [0.29, 0.717) is 12.8 Å². The fourth-order valence-electron chi connectivity index (χ4n) is 3.46. The maximum Gasteiger partial charge on any atom is 0.238 e. The fourth-order valence-corrected chi connectivity index (χ4v) is 3.46. The van der Waals surface area contributed by atoms with E-state index in [9.17, 15) is 15.0 Å². The van der Waals surface area contributed by atoms with Crippen molar-refractivity contribution in [1.29, 1.82) is 5.26 Å². The normalized spacial score (nSPS) is 29.3. The van der Waals surface area contributed by atoms with Gasteiger partial charge in [0.25, 0.3) is 0 Å². The monoisotopic (exact) mass is 296 g/mol. The molecule has 1 heterocycles. The molecule has 1 aliphatic carbocycles. The molecule has 2 fully saturated rings. The van der Waals surface area contributed by atoms with E-state index in [-0.39, 0.29) is 24.6 Å². The molecule has 0 radical (unpaired) electrons. The van der Waals surface area contributed by atoms with E-state index in [2.05, 4.69) is 11.4 Å². The summed E-state index contributed by atoms with van der Waals surface area (Å²) in [5.41, 5.74) is 5.12. The van der Waals surface area contributed by atoms with Crippen LogP contribution < -0.4 is 11.1 Å². The highest BCUT2D eigenvalue weighted by molar-refractivity contribution is 5.79. The Morgan fingerprint density at radius 3 is 2.67 bits per heavy atom. The van der Waals surface area contributed by atoms with Crippen molar-refractivity contribution >= 4 is 5.91 Å². The van der Waals surface area contributed by atoms with Crippen molar-refractivity contribution < 1.29 is 15.0 Å². The number of carbonyl (C=O) groups excluding carboxylic acids is 1. The second kappa shape index (κ2) is 6.71. The Bertz CT molecular complexity index is 415. The van der Waals surface area contributed by atoms with E-state index in [1.165, 1.54) is 4.90 Å². The lowest BCUT2D eigenvalue weighted by Gasteiger charge is -2.32. The van der Waals surface area contributed by atoms with E-state index in [0.717, 1.165) is 25.7 Å². The predicted molar refractivity (Wildman–Crippen MR) is 75.8 cm³/mol. The third-order valence-corrected chi connectivity index (χ3v) is 4.74. The number of nitrogens with two attached hydrogens (primary N) is 1. The van der Waals surface area contributed by atoms with Gasteiger partial charge in [-0.1, -0.05) is 12.8 Å². The molecule has 118 valence electrons. The van der Waals surface area contributed by atoms with Crippen molar-refractivity contribution in [2.75, 3.05) is 13.2 Å². The van der Waals surface area contributed by atoms with Crippen LogP contribution in [0.25, 0.3) is 0 Å². The van der Waals surface area contributed by atoms with Crippen molar-refractivity contribution in [2.24, 2.45) is 5.73 Å². The molecule has 1 saturated carbocycles. The summed E-state index contributed by atoms with van der Waals surface area (Å²) in [5.74, 6) is -0.242. The molecule has 7 nitrogen and oxygen atoms in total. The van der Waals surface area contributed by atoms with E-state index >= 15 is 0 Å². The highest BCUT2D eigenvalue weighted by Gasteiger charge is 2.40. The second-order valence-corrected chi connectivity index (χ2v) is 6.08. The van der Waals surface area contributed by atoms with Crippen molar-refractivity contribution in [3.05, 3.63) is 0 Å². The first-order valence-corrected chi connectivity index (χ1v) is 7.53. The van der Waals surface area contributed by atoms with E-state index in [1.54, 1.807) is 0 Å². The molecular formula is C14H24N4O3. The quantitative estimate of drug-likeness (QED) is 0.485. The molecule has 1 unspecified atom stereocenters. The lowest BCUT2D eigenvalue weighted by Crippen LogP contribution is -2.55. The van der Waals surface area contributed by atoms with Gasteiger partial charge in [0.2, 0.25) is 5.91 Å². The molecule has 1 aliphatic heterocycles. The van der Waals surface area contributed by atoms with E-state index in [4.69, 9.17) is 11.0 Å². The zero-order valence-corrected chi connectivity index (χ0v) is 12.2. The van der Waals surface area contributed by atoms with Gasteiger partial charge in [0, 0.05) is 5.54 Å². The van der Waals surface area contributed by atoms with Gasteiger partial charge >= 0.3 is 0 Å². The number of nitrogens with zero attached hydrogens (tertiary/aromatic N) is 2. The zero-order valence-electron chi connectivity index (χ0n) is 12.2. The molecule has 0 aromatic heterocycles. The molecule has 0 bridgehead atoms. The van der Waals surface area contributed by atoms with Crippen LogP contribution in [0.5, 0.6) is 0 Å². The minimum Gasteiger partial charge on any atom is -0.394 e. The maximum atomic E-state index is 12.4. The van der Waals surface area contributed by atoms with Gasteiger partial charge in [-0.25, -0.2) is 0 Å². The number of aliphatic hydroxyl groups is 2. The molecule has 0 aromatic carbocycles. The second-order valence-electron chi connectivity index (χ2n) is 6.08. The van der Waals surface area contributed by atoms with Crippen molar-refractivity contribution in [1.82, 2.24) is 10.2 Å². The van der Waals surface area contributed by atoms with Crippen LogP contribution in [0, 0.1) is 11.3 Å². The van der Waals surface area contributed by atoms with Crippen LogP contribution in [-0.2, 0) is 4.79 Å². The van der Waals surface area contributed by atoms with Crippen molar-refractivity contribution in [3.8, 4) is 6.07 Å². The number of rotatable bonds is 5. The van der Waals surface area contributed by atoms with Crippen molar-refractivity contribution in [2.45, 2.75) is 62.4 Å². The van der Waals surface area contributed by atoms with Crippen LogP contribution >= 0.6 is 0 Å². The Morgan fingerprint density at radius 2 is 2.14 bits per heavy atom. The third-order valence-electron chi connectivity index (χ3n) is 4.74. The first-order chi connectivity index (χ1) is 10.0. The van der Waals surface area contributed by atoms with E-state index in [1.807, 2.05) is 0 Å². The highest BCUT2D eigenvalue weighted by Crippen LogP contribution is 2.29. The first-order valence-electron chi connectivity index (χ1n) is 7.53. The minimum atomic E-state index is -1.13. The molecule has 0 aromatic rings. The lowest BCUT2D eigenvalue weighted by molar-refractivity contribution is -0.134. The standard InChI is InChI=1S/C14H24N4O3/c15-7-10-3-4-11(13(16)21)18(10)12(20)8-17-14(9-19)5-1-2-6-14/h10-11,13,17,19,21H,1-6,8-9,16H2/t10-,11+,13?/m1/s1. The van der Waals surface area contributed by atoms with Gasteiger partial charge < -0.3 is 26.2 Å². The van der Waals surface area contributed by atoms with Gasteiger partial charge in [0.05, 0.1) is 25.3 Å². The number of hydrogen-bond acceptors (Lipinski definition) is 6. The van der Waals surface area contributed by atoms with Gasteiger partial charge in [-0.05, 0) is 25.7 Å². The summed E-state index contributed by atoms with van der Waals surface area (Å²) >= 11 is 0. The molecule has 3 atom stereocenters. The molecule has 1 amide bonds. The molecule has 2 aliphatic rings. The highest BCUT2D eigenvalue weighted by atomic mass is 16.3. The molecule has 5 N–H and O–H groups in total. The summed E-state index contributed by atoms with van der Waals surface area (Å²) in [4.78, 5) is 13.8. The average molecular weight is 296 g/mol. The Kier molecular flexibility index (Phi) is 5.17. The van der Waals surface area contributed by atoms with Crippen LogP contribution in [0.15, 0.2) is 0 Å². The van der Waals surface area contributed by atoms with Crippen LogP contribution in [-0.4, -0.2) is 58.0 Å². The summed E-state index contributed by atoms with van der Waals surface area (Å²) in [5, 5.41) is 31.4. The van der Waals surface area contributed by atoms with Crippen LogP contribution in [0.3, 0.4) is 0 Å². The molecular weight excluding hydrogens is 272 g/mol. The molecule has 1 saturated heterocycles. The summed E-state index contributed by atoms with van der Waals surface area (Å²) < 4.78 is 0. The largest absolute Gasteiger partial charge is 0.394 e. The summed E-state index contributed by atoms with van der Waals surface area (Å²) in [6.45, 7) is 0.0624. The van der Waals surface area contributed by atoms with Crippen LogP contribution in [0.2, 0.25) is 0 Å². The number of likely N-dealkylation sites (tertiary alicyclic amines) is 1. The van der Waals surface area contributed by atoms with Gasteiger partial charge in [-0.15, -0.1) is 0 Å². The zero-order chi connectivity index (χ0) is 15.5. The van der Waals surface area contributed by atoms with Crippen molar-refractivity contribution in [3.63, 3.8) is 0 Å². The Hall–Kier alpha value is -1.20. The summed E-state index contributed by atoms with van der Waals surface area (Å²) in [7, 11) is 0. The number of nitrogens with one attached hydrogen (secondary N) is 1. The minimum absolute atomic E-state index is 0.00486. The van der Waals surface area contributed by atoms with Crippen LogP contribution in [0.4, 0.5) is 0 Å². The van der Waals surface area contributed by atoms with Gasteiger partial charge in [-0.3, -0.25) is 4.79 Å². The maximum absolute atomic E-state index is 12.4. The Balaban J connectivity index is 1.99. The van der Waals surface area contributed by atoms with Gasteiger partial charge in [-0.2, -0.15) is 5.26 Å². The van der Waals surface area contributed by atoms with E-state index < -0.39 is 18.3 Å². The summed E-state index contributed by atoms with van der Waals surface area (Å²) in [6, 6.07) is 1.06. The number of aliphatic hydroxyl groups excluding tert-OH is 2. The lowest BCUT2D eigenvalue weighted by atomic mass is 9.99. The number of nitriles is 1. The predicted octanol–water partition coefficient (Wildman–Crippen LogP) is -0.959. The summed E-state index contributed by atoms with van der Waals surface area (Å²) in [6.07, 6.45) is 3.71. The topological polar surface area (TPSA) is 123 Å². The Morgan fingerprint density at radius 1 is 1.48 bits per heavy atom. The Labute approximate surface area is 124 Å².